The minimum Gasteiger partial charge on any atom is -0.268 e. The third-order valence-electron chi connectivity index (χ3n) is 1.19. The number of nitrogens with zero attached hydrogens (tertiary/aromatic N) is 2. The summed E-state index contributed by atoms with van der Waals surface area (Å²) >= 11 is 5.73. The predicted molar refractivity (Wildman–Crippen MR) is 39.4 cm³/mol. The lowest BCUT2D eigenvalue weighted by Gasteiger charge is -2.16. The summed E-state index contributed by atoms with van der Waals surface area (Å²) in [6, 6.07) is 0. The van der Waals surface area contributed by atoms with Crippen molar-refractivity contribution in [2.75, 3.05) is 6.54 Å². The summed E-state index contributed by atoms with van der Waals surface area (Å²) in [6.07, 6.45) is 4.61. The fourth-order valence-corrected chi connectivity index (χ4v) is 0.952. The molecule has 0 aromatic rings. The summed E-state index contributed by atoms with van der Waals surface area (Å²) in [4.78, 5) is 4.06. The van der Waals surface area contributed by atoms with Gasteiger partial charge in [-0.3, -0.25) is 4.42 Å². The maximum atomic E-state index is 5.73. The molecule has 9 heavy (non-hydrogen) atoms. The smallest absolute Gasteiger partial charge is 0.118 e. The van der Waals surface area contributed by atoms with E-state index in [1.807, 2.05) is 13.0 Å². The van der Waals surface area contributed by atoms with Crippen molar-refractivity contribution < 1.29 is 0 Å². The van der Waals surface area contributed by atoms with E-state index in [-0.39, 0.29) is 0 Å². The number of hydrogen-bond acceptors (Lipinski definition) is 2. The van der Waals surface area contributed by atoms with E-state index in [0.29, 0.717) is 0 Å². The molecule has 0 aliphatic carbocycles. The average molecular weight is 145 g/mol. The Balaban J connectivity index is 2.63. The third-order valence-corrected chi connectivity index (χ3v) is 1.52. The maximum absolute atomic E-state index is 5.73. The summed E-state index contributed by atoms with van der Waals surface area (Å²) in [5, 5.41) is 0. The minimum atomic E-state index is 0.772. The van der Waals surface area contributed by atoms with Gasteiger partial charge in [-0.25, -0.2) is 4.99 Å². The summed E-state index contributed by atoms with van der Waals surface area (Å²) in [6.45, 7) is 2.81. The monoisotopic (exact) mass is 144 g/mol. The molecule has 0 N–H and O–H groups in total. The lowest BCUT2D eigenvalue weighted by atomic mass is 10.4. The maximum Gasteiger partial charge on any atom is 0.118 e. The van der Waals surface area contributed by atoms with E-state index in [2.05, 4.69) is 4.99 Å². The quantitative estimate of drug-likeness (QED) is 0.513. The van der Waals surface area contributed by atoms with E-state index in [1.165, 1.54) is 0 Å². The molecule has 50 valence electrons. The fourth-order valence-electron chi connectivity index (χ4n) is 0.709. The Morgan fingerprint density at radius 2 is 2.67 bits per heavy atom. The highest BCUT2D eigenvalue weighted by Gasteiger charge is 2.05. The van der Waals surface area contributed by atoms with Gasteiger partial charge in [0, 0.05) is 24.4 Å². The van der Waals surface area contributed by atoms with Gasteiger partial charge in [-0.1, -0.05) is 6.92 Å². The van der Waals surface area contributed by atoms with Gasteiger partial charge in [0.05, 0.1) is 6.54 Å². The second-order valence-electron chi connectivity index (χ2n) is 1.83. The standard InChI is InChI=1S/C6H9ClN2/c1-2-6-8-4-3-5-9(6)7/h3-4H,2,5H2,1H3. The Morgan fingerprint density at radius 1 is 1.89 bits per heavy atom. The lowest BCUT2D eigenvalue weighted by molar-refractivity contribution is 0.705. The molecule has 0 saturated heterocycles. The first-order valence-corrected chi connectivity index (χ1v) is 3.33. The van der Waals surface area contributed by atoms with Gasteiger partial charge in [-0.2, -0.15) is 0 Å². The predicted octanol–water partition coefficient (Wildman–Crippen LogP) is 1.78. The van der Waals surface area contributed by atoms with E-state index < -0.39 is 0 Å². The Bertz CT molecular complexity index is 151. The van der Waals surface area contributed by atoms with E-state index in [4.69, 9.17) is 11.8 Å². The molecule has 0 aromatic heterocycles. The average Bonchev–Trinajstić information content (AvgIpc) is 1.89. The second kappa shape index (κ2) is 2.87. The van der Waals surface area contributed by atoms with Crippen LogP contribution in [0, 0.1) is 0 Å². The SMILES string of the molecule is CCC1=NC=CCN1Cl. The third kappa shape index (κ3) is 1.45. The van der Waals surface area contributed by atoms with Crippen LogP contribution in [0.1, 0.15) is 13.3 Å². The molecule has 0 unspecified atom stereocenters. The van der Waals surface area contributed by atoms with Crippen LogP contribution in [0.2, 0.25) is 0 Å². The van der Waals surface area contributed by atoms with Crippen LogP contribution in [-0.4, -0.2) is 16.8 Å². The number of rotatable bonds is 1. The molecule has 0 fully saturated rings. The molecule has 2 nitrogen and oxygen atoms in total. The van der Waals surface area contributed by atoms with E-state index in [9.17, 15) is 0 Å². The van der Waals surface area contributed by atoms with Crippen molar-refractivity contribution in [1.29, 1.82) is 0 Å². The van der Waals surface area contributed by atoms with Crippen molar-refractivity contribution in [2.24, 2.45) is 4.99 Å². The Kier molecular flexibility index (Phi) is 2.11. The van der Waals surface area contributed by atoms with Crippen molar-refractivity contribution in [1.82, 2.24) is 4.42 Å². The normalized spacial score (nSPS) is 18.0. The lowest BCUT2D eigenvalue weighted by Crippen LogP contribution is -2.22. The van der Waals surface area contributed by atoms with Crippen LogP contribution < -0.4 is 0 Å². The Morgan fingerprint density at radius 3 is 3.11 bits per heavy atom. The number of hydrogen-bond donors (Lipinski definition) is 0. The van der Waals surface area contributed by atoms with Gasteiger partial charge in [-0.05, 0) is 6.08 Å². The summed E-state index contributed by atoms with van der Waals surface area (Å²) in [5.41, 5.74) is 0. The fraction of sp³-hybridized carbons (Fsp3) is 0.500. The van der Waals surface area contributed by atoms with Crippen LogP contribution in [0.15, 0.2) is 17.3 Å². The molecule has 3 heteroatoms. The van der Waals surface area contributed by atoms with Crippen molar-refractivity contribution >= 4 is 17.6 Å². The first kappa shape index (κ1) is 6.62. The summed E-state index contributed by atoms with van der Waals surface area (Å²) in [7, 11) is 0. The molecular weight excluding hydrogens is 136 g/mol. The highest BCUT2D eigenvalue weighted by Crippen LogP contribution is 2.05. The number of aliphatic imine (C=N–C) groups is 1. The van der Waals surface area contributed by atoms with Gasteiger partial charge in [-0.15, -0.1) is 0 Å². The zero-order valence-corrected chi connectivity index (χ0v) is 6.10. The largest absolute Gasteiger partial charge is 0.268 e. The molecule has 0 saturated carbocycles. The second-order valence-corrected chi connectivity index (χ2v) is 2.24. The first-order chi connectivity index (χ1) is 4.34. The molecule has 1 aliphatic heterocycles. The van der Waals surface area contributed by atoms with Gasteiger partial charge in [0.15, 0.2) is 0 Å². The first-order valence-electron chi connectivity index (χ1n) is 2.99. The van der Waals surface area contributed by atoms with Gasteiger partial charge in [0.1, 0.15) is 5.84 Å². The molecule has 0 radical (unpaired) electrons. The van der Waals surface area contributed by atoms with Crippen LogP contribution in [0.25, 0.3) is 0 Å². The highest BCUT2D eigenvalue weighted by molar-refractivity contribution is 6.22. The van der Waals surface area contributed by atoms with E-state index >= 15 is 0 Å². The molecule has 1 aliphatic rings. The number of amidine groups is 1. The molecule has 0 bridgehead atoms. The van der Waals surface area contributed by atoms with Crippen molar-refractivity contribution in [3.8, 4) is 0 Å². The van der Waals surface area contributed by atoms with Crippen LogP contribution >= 0.6 is 11.8 Å². The van der Waals surface area contributed by atoms with Crippen molar-refractivity contribution in [3.63, 3.8) is 0 Å². The van der Waals surface area contributed by atoms with Crippen molar-refractivity contribution in [2.45, 2.75) is 13.3 Å². The van der Waals surface area contributed by atoms with Gasteiger partial charge in [0.25, 0.3) is 0 Å². The topological polar surface area (TPSA) is 15.6 Å². The Labute approximate surface area is 59.9 Å². The van der Waals surface area contributed by atoms with Gasteiger partial charge >= 0.3 is 0 Å². The number of halogens is 1. The van der Waals surface area contributed by atoms with Crippen LogP contribution in [-0.2, 0) is 0 Å². The zero-order chi connectivity index (χ0) is 6.69. The molecular formula is C6H9ClN2. The molecule has 1 rings (SSSR count). The summed E-state index contributed by atoms with van der Waals surface area (Å²) < 4.78 is 1.62. The molecule has 1 heterocycles. The molecule has 0 atom stereocenters. The van der Waals surface area contributed by atoms with Crippen LogP contribution in [0.4, 0.5) is 0 Å². The molecule has 0 aromatic carbocycles. The van der Waals surface area contributed by atoms with Crippen molar-refractivity contribution in [3.05, 3.63) is 12.3 Å². The van der Waals surface area contributed by atoms with Crippen LogP contribution in [0.5, 0.6) is 0 Å². The van der Waals surface area contributed by atoms with E-state index in [0.717, 1.165) is 18.8 Å². The molecule has 0 spiro atoms. The van der Waals surface area contributed by atoms with E-state index in [1.54, 1.807) is 10.6 Å². The highest BCUT2D eigenvalue weighted by atomic mass is 35.5. The minimum absolute atomic E-state index is 0.772. The summed E-state index contributed by atoms with van der Waals surface area (Å²) in [5.74, 6) is 0.944. The Hall–Kier alpha value is -0.500. The zero-order valence-electron chi connectivity index (χ0n) is 5.34. The molecule has 0 amide bonds. The van der Waals surface area contributed by atoms with Gasteiger partial charge < -0.3 is 0 Å². The van der Waals surface area contributed by atoms with Crippen LogP contribution in [0.3, 0.4) is 0 Å². The van der Waals surface area contributed by atoms with Gasteiger partial charge in [0.2, 0.25) is 0 Å².